The number of rotatable bonds is 5. The van der Waals surface area contributed by atoms with Crippen molar-refractivity contribution in [1.82, 2.24) is 0 Å². The molecule has 2 aliphatic rings. The zero-order chi connectivity index (χ0) is 17.3. The predicted octanol–water partition coefficient (Wildman–Crippen LogP) is 3.11. The van der Waals surface area contributed by atoms with Crippen molar-refractivity contribution in [1.29, 1.82) is 0 Å². The molecule has 0 saturated heterocycles. The summed E-state index contributed by atoms with van der Waals surface area (Å²) in [5.74, 6) is -2.31. The van der Waals surface area contributed by atoms with Crippen molar-refractivity contribution in [2.75, 3.05) is 6.61 Å². The summed E-state index contributed by atoms with van der Waals surface area (Å²) in [4.78, 5) is 24.7. The van der Waals surface area contributed by atoms with Crippen LogP contribution in [0.15, 0.2) is 11.3 Å². The third-order valence-corrected chi connectivity index (χ3v) is 4.60. The van der Waals surface area contributed by atoms with E-state index in [-0.39, 0.29) is 30.1 Å². The SMILES string of the molecule is CCCC[C@@H]1CC(O)(C(=O)OCC)OC2=C1C(=O)CC(C)(C)C2. The van der Waals surface area contributed by atoms with Crippen molar-refractivity contribution in [3.05, 3.63) is 11.3 Å². The first-order valence-corrected chi connectivity index (χ1v) is 8.57. The molecule has 2 atom stereocenters. The lowest BCUT2D eigenvalue weighted by Crippen LogP contribution is -2.49. The van der Waals surface area contributed by atoms with Crippen LogP contribution in [-0.2, 0) is 19.1 Å². The number of allylic oxidation sites excluding steroid dienone is 2. The highest BCUT2D eigenvalue weighted by atomic mass is 16.7. The van der Waals surface area contributed by atoms with Crippen LogP contribution in [0.3, 0.4) is 0 Å². The van der Waals surface area contributed by atoms with Gasteiger partial charge in [-0.3, -0.25) is 4.79 Å². The number of carbonyl (C=O) groups is 2. The number of carbonyl (C=O) groups excluding carboxylic acids is 2. The molecule has 130 valence electrons. The van der Waals surface area contributed by atoms with Gasteiger partial charge in [-0.05, 0) is 24.7 Å². The molecule has 0 amide bonds. The van der Waals surface area contributed by atoms with Gasteiger partial charge < -0.3 is 14.6 Å². The molecule has 2 rings (SSSR count). The van der Waals surface area contributed by atoms with Crippen molar-refractivity contribution in [2.24, 2.45) is 11.3 Å². The molecule has 5 nitrogen and oxygen atoms in total. The standard InChI is InChI=1S/C18H28O5/c1-5-7-8-12-9-18(21,16(20)22-6-2)23-14-11-17(3,4)10-13(19)15(12)14/h12,21H,5-11H2,1-4H3/t12-,18?/m1/s1. The Bertz CT molecular complexity index is 520. The highest BCUT2D eigenvalue weighted by Gasteiger charge is 2.51. The first-order valence-electron chi connectivity index (χ1n) is 8.57. The number of unbranched alkanes of at least 4 members (excludes halogenated alkanes) is 1. The maximum absolute atomic E-state index is 12.6. The maximum Gasteiger partial charge on any atom is 0.379 e. The number of ketones is 1. The van der Waals surface area contributed by atoms with E-state index in [2.05, 4.69) is 6.92 Å². The van der Waals surface area contributed by atoms with Gasteiger partial charge in [-0.2, -0.15) is 0 Å². The summed E-state index contributed by atoms with van der Waals surface area (Å²) in [6.07, 6.45) is 3.84. The molecule has 1 aliphatic heterocycles. The van der Waals surface area contributed by atoms with Crippen LogP contribution in [0, 0.1) is 11.3 Å². The second-order valence-electron chi connectivity index (χ2n) is 7.43. The average Bonchev–Trinajstić information content (AvgIpc) is 2.42. The Balaban J connectivity index is 2.36. The second kappa shape index (κ2) is 6.63. The summed E-state index contributed by atoms with van der Waals surface area (Å²) in [6.45, 7) is 7.95. The number of esters is 1. The summed E-state index contributed by atoms with van der Waals surface area (Å²) < 4.78 is 10.6. The minimum absolute atomic E-state index is 0.0864. The van der Waals surface area contributed by atoms with Crippen molar-refractivity contribution in [2.45, 2.75) is 72.0 Å². The molecule has 5 heteroatoms. The van der Waals surface area contributed by atoms with Crippen molar-refractivity contribution < 1.29 is 24.2 Å². The molecule has 0 fully saturated rings. The van der Waals surface area contributed by atoms with E-state index in [0.717, 1.165) is 19.3 Å². The number of hydrogen-bond donors (Lipinski definition) is 1. The molecule has 0 radical (unpaired) electrons. The fourth-order valence-electron chi connectivity index (χ4n) is 3.57. The zero-order valence-corrected chi connectivity index (χ0v) is 14.6. The van der Waals surface area contributed by atoms with E-state index in [9.17, 15) is 14.7 Å². The fraction of sp³-hybridized carbons (Fsp3) is 0.778. The van der Waals surface area contributed by atoms with Crippen molar-refractivity contribution in [3.63, 3.8) is 0 Å². The van der Waals surface area contributed by atoms with Gasteiger partial charge in [0.05, 0.1) is 6.61 Å². The van der Waals surface area contributed by atoms with Gasteiger partial charge in [-0.15, -0.1) is 0 Å². The van der Waals surface area contributed by atoms with Gasteiger partial charge >= 0.3 is 11.8 Å². The third kappa shape index (κ3) is 3.77. The number of Topliss-reactive ketones (excluding diaryl/α,β-unsaturated/α-hetero) is 1. The molecular weight excluding hydrogens is 296 g/mol. The Hall–Kier alpha value is -1.36. The minimum atomic E-state index is -1.97. The van der Waals surface area contributed by atoms with Crippen LogP contribution in [-0.4, -0.2) is 29.3 Å². The normalized spacial score (nSPS) is 29.8. The monoisotopic (exact) mass is 324 g/mol. The average molecular weight is 324 g/mol. The smallest absolute Gasteiger partial charge is 0.379 e. The molecular formula is C18H28O5. The molecule has 0 saturated carbocycles. The molecule has 23 heavy (non-hydrogen) atoms. The Kier molecular flexibility index (Phi) is 5.19. The quantitative estimate of drug-likeness (QED) is 0.787. The van der Waals surface area contributed by atoms with E-state index in [1.807, 2.05) is 13.8 Å². The van der Waals surface area contributed by atoms with Gasteiger partial charge in [0.2, 0.25) is 0 Å². The zero-order valence-electron chi connectivity index (χ0n) is 14.6. The second-order valence-corrected chi connectivity index (χ2v) is 7.43. The van der Waals surface area contributed by atoms with Crippen LogP contribution in [0.4, 0.5) is 0 Å². The highest BCUT2D eigenvalue weighted by Crippen LogP contribution is 2.47. The molecule has 0 spiro atoms. The fourth-order valence-corrected chi connectivity index (χ4v) is 3.57. The topological polar surface area (TPSA) is 72.8 Å². The first kappa shape index (κ1) is 18.0. The van der Waals surface area contributed by atoms with Crippen LogP contribution >= 0.6 is 0 Å². The molecule has 1 unspecified atom stereocenters. The molecule has 1 aliphatic carbocycles. The Labute approximate surface area is 138 Å². The van der Waals surface area contributed by atoms with E-state index in [1.165, 1.54) is 0 Å². The number of hydrogen-bond acceptors (Lipinski definition) is 5. The molecule has 0 aromatic carbocycles. The van der Waals surface area contributed by atoms with Crippen molar-refractivity contribution >= 4 is 11.8 Å². The Morgan fingerprint density at radius 1 is 1.35 bits per heavy atom. The van der Waals surface area contributed by atoms with Gasteiger partial charge in [0.25, 0.3) is 0 Å². The number of aliphatic hydroxyl groups is 1. The van der Waals surface area contributed by atoms with Crippen LogP contribution in [0.1, 0.15) is 66.2 Å². The largest absolute Gasteiger partial charge is 0.461 e. The van der Waals surface area contributed by atoms with E-state index >= 15 is 0 Å². The molecule has 0 aromatic rings. The Morgan fingerprint density at radius 3 is 2.65 bits per heavy atom. The van der Waals surface area contributed by atoms with E-state index < -0.39 is 11.8 Å². The van der Waals surface area contributed by atoms with Gasteiger partial charge in [0.15, 0.2) is 5.78 Å². The van der Waals surface area contributed by atoms with Crippen molar-refractivity contribution in [3.8, 4) is 0 Å². The summed E-state index contributed by atoms with van der Waals surface area (Å²) >= 11 is 0. The highest BCUT2D eigenvalue weighted by molar-refractivity contribution is 5.98. The maximum atomic E-state index is 12.6. The predicted molar refractivity (Wildman–Crippen MR) is 85.3 cm³/mol. The van der Waals surface area contributed by atoms with E-state index in [4.69, 9.17) is 9.47 Å². The van der Waals surface area contributed by atoms with E-state index in [1.54, 1.807) is 6.92 Å². The lowest BCUT2D eigenvalue weighted by Gasteiger charge is -2.42. The lowest BCUT2D eigenvalue weighted by molar-refractivity contribution is -0.228. The lowest BCUT2D eigenvalue weighted by atomic mass is 9.70. The van der Waals surface area contributed by atoms with Gasteiger partial charge in [-0.1, -0.05) is 33.6 Å². The summed E-state index contributed by atoms with van der Waals surface area (Å²) in [5.41, 5.74) is 0.463. The van der Waals surface area contributed by atoms with Gasteiger partial charge in [0, 0.05) is 24.8 Å². The molecule has 1 heterocycles. The Morgan fingerprint density at radius 2 is 2.04 bits per heavy atom. The molecule has 0 aromatic heterocycles. The third-order valence-electron chi connectivity index (χ3n) is 4.60. The van der Waals surface area contributed by atoms with Crippen LogP contribution in [0.5, 0.6) is 0 Å². The summed E-state index contributed by atoms with van der Waals surface area (Å²) in [7, 11) is 0. The van der Waals surface area contributed by atoms with Gasteiger partial charge in [-0.25, -0.2) is 4.79 Å². The van der Waals surface area contributed by atoms with Crippen LogP contribution < -0.4 is 0 Å². The minimum Gasteiger partial charge on any atom is -0.461 e. The van der Waals surface area contributed by atoms with Crippen LogP contribution in [0.25, 0.3) is 0 Å². The van der Waals surface area contributed by atoms with Crippen LogP contribution in [0.2, 0.25) is 0 Å². The molecule has 1 N–H and O–H groups in total. The summed E-state index contributed by atoms with van der Waals surface area (Å²) in [6, 6.07) is 0. The van der Waals surface area contributed by atoms with Gasteiger partial charge in [0.1, 0.15) is 5.76 Å². The first-order chi connectivity index (χ1) is 10.7. The summed E-state index contributed by atoms with van der Waals surface area (Å²) in [5, 5.41) is 10.7. The molecule has 0 bridgehead atoms. The number of ether oxygens (including phenoxy) is 2. The van der Waals surface area contributed by atoms with E-state index in [0.29, 0.717) is 24.2 Å².